The van der Waals surface area contributed by atoms with Crippen molar-refractivity contribution in [3.05, 3.63) is 121 Å². The van der Waals surface area contributed by atoms with E-state index < -0.39 is 0 Å². The van der Waals surface area contributed by atoms with Gasteiger partial charge in [-0.05, 0) is 0 Å². The van der Waals surface area contributed by atoms with Crippen LogP contribution >= 0.6 is 11.8 Å². The summed E-state index contributed by atoms with van der Waals surface area (Å²) in [5.74, 6) is 1.70. The van der Waals surface area contributed by atoms with Gasteiger partial charge in [-0.2, -0.15) is 0 Å². The Kier molecular flexibility index (Phi) is 5.86. The average molecular weight is 523 g/mol. The number of para-hydroxylation sites is 1. The summed E-state index contributed by atoms with van der Waals surface area (Å²) < 4.78 is 9.23. The molecule has 0 fully saturated rings. The molecule has 4 heteroatoms. The number of anilines is 2. The van der Waals surface area contributed by atoms with E-state index in [1.165, 1.54) is 29.1 Å². The van der Waals surface area contributed by atoms with E-state index in [1.54, 1.807) is 11.8 Å². The van der Waals surface area contributed by atoms with Gasteiger partial charge in [0, 0.05) is 0 Å². The SMILES string of the molecule is c1ccc(Nc2cccc(Oc3cc(Sc4ccccc4)c4c(c3)[se]c3ccccc34)c2)cc1. The summed E-state index contributed by atoms with van der Waals surface area (Å²) in [4.78, 5) is 2.47. The first-order valence-electron chi connectivity index (χ1n) is 11.1. The Morgan fingerprint density at radius 2 is 1.32 bits per heavy atom. The maximum atomic E-state index is 6.42. The van der Waals surface area contributed by atoms with Gasteiger partial charge >= 0.3 is 210 Å². The number of fused-ring (bicyclic) bond motifs is 3. The fourth-order valence-electron chi connectivity index (χ4n) is 4.01. The van der Waals surface area contributed by atoms with E-state index in [0.29, 0.717) is 0 Å². The van der Waals surface area contributed by atoms with Crippen LogP contribution in [-0.4, -0.2) is 14.5 Å². The van der Waals surface area contributed by atoms with Crippen molar-refractivity contribution < 1.29 is 4.74 Å². The molecule has 1 N–H and O–H groups in total. The Morgan fingerprint density at radius 3 is 2.18 bits per heavy atom. The first-order valence-corrected chi connectivity index (χ1v) is 13.6. The molecule has 0 radical (unpaired) electrons. The number of hydrogen-bond acceptors (Lipinski definition) is 3. The fraction of sp³-hybridized carbons (Fsp3) is 0. The van der Waals surface area contributed by atoms with Crippen molar-refractivity contribution in [2.45, 2.75) is 9.79 Å². The van der Waals surface area contributed by atoms with Crippen LogP contribution in [0.2, 0.25) is 0 Å². The van der Waals surface area contributed by atoms with Crippen LogP contribution < -0.4 is 10.1 Å². The Labute approximate surface area is 209 Å². The van der Waals surface area contributed by atoms with E-state index in [2.05, 4.69) is 90.2 Å². The van der Waals surface area contributed by atoms with Crippen LogP contribution in [0.3, 0.4) is 0 Å². The van der Waals surface area contributed by atoms with Gasteiger partial charge in [-0.15, -0.1) is 0 Å². The molecule has 164 valence electrons. The van der Waals surface area contributed by atoms with E-state index in [4.69, 9.17) is 4.74 Å². The van der Waals surface area contributed by atoms with E-state index in [9.17, 15) is 0 Å². The summed E-state index contributed by atoms with van der Waals surface area (Å²) in [7, 11) is 0. The number of benzene rings is 5. The molecule has 0 amide bonds. The molecule has 1 heterocycles. The molecule has 1 aromatic heterocycles. The van der Waals surface area contributed by atoms with Crippen molar-refractivity contribution in [1.82, 2.24) is 0 Å². The molecule has 0 spiro atoms. The van der Waals surface area contributed by atoms with Gasteiger partial charge in [0.15, 0.2) is 0 Å². The van der Waals surface area contributed by atoms with Gasteiger partial charge in [0.05, 0.1) is 0 Å². The van der Waals surface area contributed by atoms with Crippen molar-refractivity contribution >= 4 is 56.9 Å². The minimum absolute atomic E-state index is 0.272. The molecule has 34 heavy (non-hydrogen) atoms. The molecule has 0 aliphatic carbocycles. The van der Waals surface area contributed by atoms with Crippen molar-refractivity contribution in [2.75, 3.05) is 5.32 Å². The Hall–Kier alpha value is -3.43. The summed E-state index contributed by atoms with van der Waals surface area (Å²) in [6.45, 7) is 0. The Balaban J connectivity index is 1.38. The topological polar surface area (TPSA) is 21.3 Å². The molecule has 6 aromatic rings. The quantitative estimate of drug-likeness (QED) is 0.221. The molecule has 0 bridgehead atoms. The number of nitrogens with one attached hydrogen (secondary N) is 1. The minimum atomic E-state index is 0.272. The monoisotopic (exact) mass is 523 g/mol. The van der Waals surface area contributed by atoms with E-state index in [1.807, 2.05) is 36.4 Å². The molecule has 0 saturated heterocycles. The molecule has 0 unspecified atom stereocenters. The molecule has 5 aromatic carbocycles. The summed E-state index contributed by atoms with van der Waals surface area (Å²) in [6.07, 6.45) is 0. The zero-order valence-corrected chi connectivity index (χ0v) is 20.8. The molecule has 6 rings (SSSR count). The van der Waals surface area contributed by atoms with Gasteiger partial charge < -0.3 is 0 Å². The van der Waals surface area contributed by atoms with Crippen LogP contribution in [0.15, 0.2) is 131 Å². The van der Waals surface area contributed by atoms with Gasteiger partial charge in [0.1, 0.15) is 0 Å². The van der Waals surface area contributed by atoms with E-state index in [-0.39, 0.29) is 14.5 Å². The third kappa shape index (κ3) is 4.49. The molecule has 0 saturated carbocycles. The molecular formula is C30H21NOSSe. The number of ether oxygens (including phenoxy) is 1. The van der Waals surface area contributed by atoms with Crippen molar-refractivity contribution in [1.29, 1.82) is 0 Å². The Morgan fingerprint density at radius 1 is 0.588 bits per heavy atom. The molecule has 0 aliphatic rings. The fourth-order valence-corrected chi connectivity index (χ4v) is 7.63. The molecular weight excluding hydrogens is 501 g/mol. The summed E-state index contributed by atoms with van der Waals surface area (Å²) in [5, 5.41) is 6.16. The van der Waals surface area contributed by atoms with Crippen LogP contribution in [0, 0.1) is 0 Å². The van der Waals surface area contributed by atoms with Crippen LogP contribution in [-0.2, 0) is 0 Å². The predicted octanol–water partition coefficient (Wildman–Crippen LogP) is 8.74. The third-order valence-corrected chi connectivity index (χ3v) is 8.91. The first-order chi connectivity index (χ1) is 16.8. The maximum absolute atomic E-state index is 6.42. The van der Waals surface area contributed by atoms with Crippen LogP contribution in [0.25, 0.3) is 19.3 Å². The summed E-state index contributed by atoms with van der Waals surface area (Å²) >= 11 is 2.08. The molecule has 0 atom stereocenters. The second kappa shape index (κ2) is 9.44. The van der Waals surface area contributed by atoms with Gasteiger partial charge in [-0.25, -0.2) is 0 Å². The van der Waals surface area contributed by atoms with Crippen LogP contribution in [0.4, 0.5) is 11.4 Å². The predicted molar refractivity (Wildman–Crippen MR) is 145 cm³/mol. The normalized spacial score (nSPS) is 11.1. The second-order valence-electron chi connectivity index (χ2n) is 7.93. The van der Waals surface area contributed by atoms with Crippen molar-refractivity contribution in [3.8, 4) is 11.5 Å². The second-order valence-corrected chi connectivity index (χ2v) is 11.3. The van der Waals surface area contributed by atoms with Crippen LogP contribution in [0.5, 0.6) is 11.5 Å². The Bertz CT molecular complexity index is 1580. The van der Waals surface area contributed by atoms with Crippen molar-refractivity contribution in [2.24, 2.45) is 0 Å². The standard InChI is InChI=1S/C30H21NOSSe/c1-3-10-21(11-4-1)31-22-12-9-13-23(18-22)32-24-19-27(33-25-14-5-2-6-15-25)30-26-16-7-8-17-28(26)34-29(30)20-24/h1-20,31H. The summed E-state index contributed by atoms with van der Waals surface area (Å²) in [5.41, 5.74) is 2.06. The van der Waals surface area contributed by atoms with Gasteiger partial charge in [0.25, 0.3) is 0 Å². The van der Waals surface area contributed by atoms with Gasteiger partial charge in [-0.3, -0.25) is 0 Å². The van der Waals surface area contributed by atoms with Gasteiger partial charge in [-0.1, -0.05) is 0 Å². The van der Waals surface area contributed by atoms with Crippen molar-refractivity contribution in [3.63, 3.8) is 0 Å². The molecule has 2 nitrogen and oxygen atoms in total. The zero-order chi connectivity index (χ0) is 22.7. The molecule has 0 aliphatic heterocycles. The van der Waals surface area contributed by atoms with E-state index >= 15 is 0 Å². The zero-order valence-electron chi connectivity index (χ0n) is 18.3. The number of rotatable bonds is 6. The number of hydrogen-bond donors (Lipinski definition) is 1. The first kappa shape index (κ1) is 21.1. The summed E-state index contributed by atoms with van der Waals surface area (Å²) in [6, 6.07) is 42.1. The van der Waals surface area contributed by atoms with Gasteiger partial charge in [0.2, 0.25) is 0 Å². The van der Waals surface area contributed by atoms with Crippen LogP contribution in [0.1, 0.15) is 0 Å². The van der Waals surface area contributed by atoms with E-state index in [0.717, 1.165) is 22.9 Å². The average Bonchev–Trinajstić information content (AvgIpc) is 3.24. The third-order valence-electron chi connectivity index (χ3n) is 5.52.